The van der Waals surface area contributed by atoms with Gasteiger partial charge in [-0.1, -0.05) is 0 Å². The molecule has 1 aliphatic carbocycles. The number of piperidine rings is 1. The lowest BCUT2D eigenvalue weighted by molar-refractivity contribution is -0.139. The molecule has 3 amide bonds. The van der Waals surface area contributed by atoms with Crippen molar-refractivity contribution in [2.24, 2.45) is 11.8 Å². The molecular formula is C13H19N3O4. The first-order chi connectivity index (χ1) is 9.58. The fourth-order valence-electron chi connectivity index (χ4n) is 3.23. The molecule has 3 N–H and O–H groups in total. The van der Waals surface area contributed by atoms with Crippen molar-refractivity contribution in [3.63, 3.8) is 0 Å². The Labute approximate surface area is 116 Å². The lowest BCUT2D eigenvalue weighted by Crippen LogP contribution is -2.56. The van der Waals surface area contributed by atoms with Gasteiger partial charge in [0.15, 0.2) is 0 Å². The number of urea groups is 1. The fourth-order valence-corrected chi connectivity index (χ4v) is 3.23. The highest BCUT2D eigenvalue weighted by Gasteiger charge is 2.44. The molecule has 2 aliphatic heterocycles. The minimum atomic E-state index is -0.977. The quantitative estimate of drug-likeness (QED) is 0.665. The molecule has 3 rings (SSSR count). The van der Waals surface area contributed by atoms with Crippen molar-refractivity contribution in [3.05, 3.63) is 0 Å². The van der Waals surface area contributed by atoms with E-state index in [0.717, 1.165) is 25.7 Å². The van der Waals surface area contributed by atoms with Gasteiger partial charge in [0, 0.05) is 13.1 Å². The molecule has 0 spiro atoms. The van der Waals surface area contributed by atoms with E-state index in [0.29, 0.717) is 13.1 Å². The van der Waals surface area contributed by atoms with E-state index < -0.39 is 12.0 Å². The van der Waals surface area contributed by atoms with Crippen molar-refractivity contribution >= 4 is 17.9 Å². The average Bonchev–Trinajstić information content (AvgIpc) is 3.19. The van der Waals surface area contributed by atoms with Crippen molar-refractivity contribution in [2.45, 2.75) is 37.8 Å². The molecule has 3 fully saturated rings. The summed E-state index contributed by atoms with van der Waals surface area (Å²) in [5.41, 5.74) is 0. The summed E-state index contributed by atoms with van der Waals surface area (Å²) >= 11 is 0. The van der Waals surface area contributed by atoms with E-state index in [1.807, 2.05) is 0 Å². The number of hydrogen-bond acceptors (Lipinski definition) is 3. The van der Waals surface area contributed by atoms with Crippen LogP contribution in [0.5, 0.6) is 0 Å². The number of likely N-dealkylation sites (tertiary alicyclic amines) is 1. The maximum Gasteiger partial charge on any atom is 0.326 e. The van der Waals surface area contributed by atoms with Crippen molar-refractivity contribution in [1.29, 1.82) is 0 Å². The van der Waals surface area contributed by atoms with Crippen LogP contribution in [0, 0.1) is 11.8 Å². The predicted octanol–water partition coefficient (Wildman–Crippen LogP) is -0.230. The maximum absolute atomic E-state index is 12.3. The molecular weight excluding hydrogens is 262 g/mol. The van der Waals surface area contributed by atoms with Gasteiger partial charge in [-0.05, 0) is 31.6 Å². The van der Waals surface area contributed by atoms with Crippen LogP contribution in [0.15, 0.2) is 0 Å². The molecule has 3 unspecified atom stereocenters. The Morgan fingerprint density at radius 1 is 1.35 bits per heavy atom. The highest BCUT2D eigenvalue weighted by atomic mass is 16.4. The Morgan fingerprint density at radius 3 is 2.75 bits per heavy atom. The summed E-state index contributed by atoms with van der Waals surface area (Å²) in [5.74, 6) is -1.06. The summed E-state index contributed by atoms with van der Waals surface area (Å²) in [4.78, 5) is 36.8. The van der Waals surface area contributed by atoms with Crippen LogP contribution < -0.4 is 10.6 Å². The second-order valence-electron chi connectivity index (χ2n) is 5.86. The number of aliphatic carboxylic acids is 1. The molecule has 0 bridgehead atoms. The molecule has 110 valence electrons. The van der Waals surface area contributed by atoms with Crippen molar-refractivity contribution in [2.75, 3.05) is 13.1 Å². The highest BCUT2D eigenvalue weighted by molar-refractivity contribution is 5.86. The summed E-state index contributed by atoms with van der Waals surface area (Å²) < 4.78 is 0. The van der Waals surface area contributed by atoms with Crippen molar-refractivity contribution in [1.82, 2.24) is 15.5 Å². The van der Waals surface area contributed by atoms with Gasteiger partial charge in [0.2, 0.25) is 5.91 Å². The van der Waals surface area contributed by atoms with Crippen LogP contribution in [0.4, 0.5) is 4.79 Å². The first-order valence-corrected chi connectivity index (χ1v) is 7.15. The number of rotatable bonds is 3. The normalized spacial score (nSPS) is 30.4. The van der Waals surface area contributed by atoms with E-state index in [1.54, 1.807) is 4.90 Å². The molecule has 2 saturated heterocycles. The van der Waals surface area contributed by atoms with E-state index in [1.165, 1.54) is 0 Å². The predicted molar refractivity (Wildman–Crippen MR) is 68.9 cm³/mol. The van der Waals surface area contributed by atoms with Crippen LogP contribution in [0.1, 0.15) is 25.7 Å². The molecule has 7 heteroatoms. The van der Waals surface area contributed by atoms with E-state index in [4.69, 9.17) is 5.11 Å². The monoisotopic (exact) mass is 281 g/mol. The first kappa shape index (κ1) is 13.2. The lowest BCUT2D eigenvalue weighted by atomic mass is 9.92. The minimum Gasteiger partial charge on any atom is -0.480 e. The van der Waals surface area contributed by atoms with Gasteiger partial charge in [-0.3, -0.25) is 4.79 Å². The Bertz CT molecular complexity index is 449. The zero-order valence-electron chi connectivity index (χ0n) is 11.2. The van der Waals surface area contributed by atoms with Gasteiger partial charge < -0.3 is 20.6 Å². The van der Waals surface area contributed by atoms with Gasteiger partial charge in [0.25, 0.3) is 0 Å². The highest BCUT2D eigenvalue weighted by Crippen LogP contribution is 2.33. The number of nitrogens with one attached hydrogen (secondary N) is 2. The minimum absolute atomic E-state index is 0.00415. The number of amides is 3. The summed E-state index contributed by atoms with van der Waals surface area (Å²) in [6, 6.07) is -1.28. The number of nitrogens with zero attached hydrogens (tertiary/aromatic N) is 1. The molecule has 3 atom stereocenters. The van der Waals surface area contributed by atoms with Crippen LogP contribution in [-0.4, -0.2) is 53.1 Å². The Hall–Kier alpha value is -1.79. The van der Waals surface area contributed by atoms with Crippen LogP contribution in [0.3, 0.4) is 0 Å². The SMILES string of the molecule is O=C1NCC2C1CCCN2C(=O)NC(C(=O)O)C1CC1. The Kier molecular flexibility index (Phi) is 3.27. The number of carboxylic acid groups (broad SMARTS) is 1. The first-order valence-electron chi connectivity index (χ1n) is 7.15. The van der Waals surface area contributed by atoms with Gasteiger partial charge >= 0.3 is 12.0 Å². The van der Waals surface area contributed by atoms with Gasteiger partial charge in [0.1, 0.15) is 6.04 Å². The number of carbonyl (C=O) groups is 3. The zero-order chi connectivity index (χ0) is 14.3. The average molecular weight is 281 g/mol. The molecule has 20 heavy (non-hydrogen) atoms. The van der Waals surface area contributed by atoms with Crippen LogP contribution in [-0.2, 0) is 9.59 Å². The van der Waals surface area contributed by atoms with E-state index >= 15 is 0 Å². The summed E-state index contributed by atoms with van der Waals surface area (Å²) in [5, 5.41) is 14.6. The van der Waals surface area contributed by atoms with Crippen LogP contribution in [0.25, 0.3) is 0 Å². The van der Waals surface area contributed by atoms with Crippen LogP contribution >= 0.6 is 0 Å². The molecule has 2 heterocycles. The third-order valence-electron chi connectivity index (χ3n) is 4.50. The van der Waals surface area contributed by atoms with E-state index in [2.05, 4.69) is 10.6 Å². The van der Waals surface area contributed by atoms with Crippen molar-refractivity contribution in [3.8, 4) is 0 Å². The van der Waals surface area contributed by atoms with Gasteiger partial charge in [-0.15, -0.1) is 0 Å². The second kappa shape index (κ2) is 4.96. The van der Waals surface area contributed by atoms with E-state index in [-0.39, 0.29) is 29.8 Å². The molecule has 0 aromatic rings. The fraction of sp³-hybridized carbons (Fsp3) is 0.769. The third-order valence-corrected chi connectivity index (χ3v) is 4.50. The number of fused-ring (bicyclic) bond motifs is 1. The van der Waals surface area contributed by atoms with Crippen LogP contribution in [0.2, 0.25) is 0 Å². The molecule has 1 saturated carbocycles. The van der Waals surface area contributed by atoms with Gasteiger partial charge in [-0.2, -0.15) is 0 Å². The molecule has 0 aromatic carbocycles. The van der Waals surface area contributed by atoms with Crippen molar-refractivity contribution < 1.29 is 19.5 Å². The Balaban J connectivity index is 1.67. The second-order valence-corrected chi connectivity index (χ2v) is 5.86. The Morgan fingerprint density at radius 2 is 2.10 bits per heavy atom. The topological polar surface area (TPSA) is 98.7 Å². The molecule has 0 radical (unpaired) electrons. The maximum atomic E-state index is 12.3. The molecule has 0 aromatic heterocycles. The summed E-state index contributed by atoms with van der Waals surface area (Å²) in [6.07, 6.45) is 3.28. The van der Waals surface area contributed by atoms with Gasteiger partial charge in [-0.25, -0.2) is 9.59 Å². The number of hydrogen-bond donors (Lipinski definition) is 3. The summed E-state index contributed by atoms with van der Waals surface area (Å²) in [6.45, 7) is 1.05. The van der Waals surface area contributed by atoms with E-state index in [9.17, 15) is 14.4 Å². The molecule has 3 aliphatic rings. The van der Waals surface area contributed by atoms with Gasteiger partial charge in [0.05, 0.1) is 12.0 Å². The standard InChI is InChI=1S/C13H19N3O4/c17-11-8-2-1-5-16(9(8)6-14-11)13(20)15-10(12(18)19)7-3-4-7/h7-10H,1-6H2,(H,14,17)(H,15,20)(H,18,19). The third kappa shape index (κ3) is 2.32. The largest absolute Gasteiger partial charge is 0.480 e. The smallest absolute Gasteiger partial charge is 0.326 e. The summed E-state index contributed by atoms with van der Waals surface area (Å²) in [7, 11) is 0. The number of carbonyl (C=O) groups excluding carboxylic acids is 2. The zero-order valence-corrected chi connectivity index (χ0v) is 11.2. The lowest BCUT2D eigenvalue weighted by Gasteiger charge is -2.36. The molecule has 7 nitrogen and oxygen atoms in total. The number of carboxylic acids is 1.